The molecule has 0 aromatic carbocycles. The van der Waals surface area contributed by atoms with Crippen LogP contribution in [0.15, 0.2) is 6.20 Å². The second-order valence-corrected chi connectivity index (χ2v) is 6.88. The topological polar surface area (TPSA) is 61.3 Å². The van der Waals surface area contributed by atoms with Crippen molar-refractivity contribution in [1.29, 1.82) is 0 Å². The lowest BCUT2D eigenvalue weighted by Gasteiger charge is -2.48. The molecule has 2 fully saturated rings. The lowest BCUT2D eigenvalue weighted by molar-refractivity contribution is -0.0102. The molecule has 1 aromatic rings. The van der Waals surface area contributed by atoms with Gasteiger partial charge in [0.05, 0.1) is 6.10 Å². The largest absolute Gasteiger partial charge is 0.392 e. The van der Waals surface area contributed by atoms with E-state index < -0.39 is 0 Å². The Hall–Kier alpha value is -1.20. The number of hydrogen-bond acceptors (Lipinski definition) is 5. The van der Waals surface area contributed by atoms with Gasteiger partial charge in [0.2, 0.25) is 0 Å². The summed E-state index contributed by atoms with van der Waals surface area (Å²) in [7, 11) is 0. The zero-order chi connectivity index (χ0) is 15.6. The van der Waals surface area contributed by atoms with Crippen LogP contribution in [0.5, 0.6) is 0 Å². The average molecular weight is 304 g/mol. The molecule has 1 spiro atoms. The van der Waals surface area contributed by atoms with Gasteiger partial charge in [0.1, 0.15) is 11.6 Å². The number of aromatic nitrogens is 2. The Kier molecular flexibility index (Phi) is 4.64. The van der Waals surface area contributed by atoms with E-state index in [-0.39, 0.29) is 11.5 Å². The van der Waals surface area contributed by atoms with E-state index in [1.807, 2.05) is 13.1 Å². The summed E-state index contributed by atoms with van der Waals surface area (Å²) in [5, 5.41) is 14.1. The van der Waals surface area contributed by atoms with Crippen molar-refractivity contribution in [3.8, 4) is 0 Å². The van der Waals surface area contributed by atoms with Crippen LogP contribution in [0.2, 0.25) is 0 Å². The lowest BCUT2D eigenvalue weighted by atomic mass is 9.72. The molecule has 1 aromatic heterocycles. The molecular formula is C17H28N4O. The maximum absolute atomic E-state index is 10.6. The summed E-state index contributed by atoms with van der Waals surface area (Å²) in [5.41, 5.74) is 1.22. The molecule has 5 heteroatoms. The van der Waals surface area contributed by atoms with Gasteiger partial charge in [0.25, 0.3) is 0 Å². The second-order valence-electron chi connectivity index (χ2n) is 6.88. The Morgan fingerprint density at radius 3 is 3.14 bits per heavy atom. The zero-order valence-corrected chi connectivity index (χ0v) is 13.8. The van der Waals surface area contributed by atoms with Crippen molar-refractivity contribution in [1.82, 2.24) is 15.3 Å². The van der Waals surface area contributed by atoms with Crippen LogP contribution < -0.4 is 10.2 Å². The highest BCUT2D eigenvalue weighted by atomic mass is 16.3. The van der Waals surface area contributed by atoms with Gasteiger partial charge in [-0.1, -0.05) is 13.3 Å². The third-order valence-electron chi connectivity index (χ3n) is 5.17. The molecule has 5 nitrogen and oxygen atoms in total. The van der Waals surface area contributed by atoms with Gasteiger partial charge in [-0.15, -0.1) is 0 Å². The monoisotopic (exact) mass is 304 g/mol. The number of aryl methyl sites for hydroxylation is 2. The maximum atomic E-state index is 10.6. The molecule has 2 N–H and O–H groups in total. The Labute approximate surface area is 133 Å². The third kappa shape index (κ3) is 2.97. The summed E-state index contributed by atoms with van der Waals surface area (Å²) in [5.74, 6) is 1.92. The van der Waals surface area contributed by atoms with Crippen molar-refractivity contribution in [2.24, 2.45) is 5.41 Å². The number of nitrogens with zero attached hydrogens (tertiary/aromatic N) is 3. The number of aliphatic hydroxyl groups excluding tert-OH is 1. The first-order valence-corrected chi connectivity index (χ1v) is 8.61. The SMILES string of the molecule is CCCc1cnc(C)nc1N1CCC[C@]2(CNCC[C@@H]2O)C1. The molecule has 2 atom stereocenters. The molecular weight excluding hydrogens is 276 g/mol. The van der Waals surface area contributed by atoms with E-state index in [9.17, 15) is 5.11 Å². The molecule has 0 saturated carbocycles. The molecule has 0 amide bonds. The maximum Gasteiger partial charge on any atom is 0.135 e. The quantitative estimate of drug-likeness (QED) is 0.889. The molecule has 3 rings (SSSR count). The van der Waals surface area contributed by atoms with Crippen LogP contribution in [-0.4, -0.2) is 47.4 Å². The van der Waals surface area contributed by atoms with Crippen molar-refractivity contribution in [2.75, 3.05) is 31.1 Å². The molecule has 122 valence electrons. The minimum absolute atomic E-state index is 0.0150. The van der Waals surface area contributed by atoms with Crippen LogP contribution in [0.3, 0.4) is 0 Å². The summed E-state index contributed by atoms with van der Waals surface area (Å²) in [6, 6.07) is 0. The van der Waals surface area contributed by atoms with E-state index in [0.717, 1.165) is 69.9 Å². The number of anilines is 1. The Morgan fingerprint density at radius 1 is 1.50 bits per heavy atom. The average Bonchev–Trinajstić information content (AvgIpc) is 2.53. The predicted molar refractivity (Wildman–Crippen MR) is 88.1 cm³/mol. The smallest absolute Gasteiger partial charge is 0.135 e. The predicted octanol–water partition coefficient (Wildman–Crippen LogP) is 1.68. The fourth-order valence-electron chi connectivity index (χ4n) is 3.96. The van der Waals surface area contributed by atoms with Crippen LogP contribution in [0.4, 0.5) is 5.82 Å². The fourth-order valence-corrected chi connectivity index (χ4v) is 3.96. The first-order valence-electron chi connectivity index (χ1n) is 8.61. The van der Waals surface area contributed by atoms with Gasteiger partial charge in [-0.05, 0) is 39.2 Å². The second kappa shape index (κ2) is 6.50. The number of hydrogen-bond donors (Lipinski definition) is 2. The third-order valence-corrected chi connectivity index (χ3v) is 5.17. The van der Waals surface area contributed by atoms with Crippen LogP contribution in [-0.2, 0) is 6.42 Å². The van der Waals surface area contributed by atoms with Crippen molar-refractivity contribution >= 4 is 5.82 Å². The van der Waals surface area contributed by atoms with Crippen molar-refractivity contribution < 1.29 is 5.11 Å². The van der Waals surface area contributed by atoms with Gasteiger partial charge in [-0.3, -0.25) is 0 Å². The van der Waals surface area contributed by atoms with Crippen LogP contribution in [0, 0.1) is 12.3 Å². The number of piperidine rings is 2. The highest BCUT2D eigenvalue weighted by molar-refractivity contribution is 5.47. The van der Waals surface area contributed by atoms with Gasteiger partial charge in [-0.25, -0.2) is 9.97 Å². The molecule has 2 aliphatic rings. The Morgan fingerprint density at radius 2 is 2.36 bits per heavy atom. The molecule has 0 bridgehead atoms. The Balaban J connectivity index is 1.87. The van der Waals surface area contributed by atoms with Crippen molar-refractivity contribution in [2.45, 2.75) is 52.1 Å². The van der Waals surface area contributed by atoms with E-state index in [1.165, 1.54) is 5.56 Å². The minimum atomic E-state index is -0.200. The first-order chi connectivity index (χ1) is 10.6. The molecule has 0 radical (unpaired) electrons. The normalized spacial score (nSPS) is 29.0. The van der Waals surface area contributed by atoms with Gasteiger partial charge in [0, 0.05) is 36.8 Å². The van der Waals surface area contributed by atoms with Gasteiger partial charge in [0.15, 0.2) is 0 Å². The summed E-state index contributed by atoms with van der Waals surface area (Å²) < 4.78 is 0. The standard InChI is InChI=1S/C17H28N4O/c1-3-5-14-10-19-13(2)20-16(14)21-9-4-7-17(12-21)11-18-8-6-15(17)22/h10,15,18,22H,3-9,11-12H2,1-2H3/t15-,17-/m0/s1. The van der Waals surface area contributed by atoms with E-state index in [4.69, 9.17) is 4.98 Å². The lowest BCUT2D eigenvalue weighted by Crippen LogP contribution is -2.58. The molecule has 22 heavy (non-hydrogen) atoms. The van der Waals surface area contributed by atoms with E-state index >= 15 is 0 Å². The molecule has 3 heterocycles. The summed E-state index contributed by atoms with van der Waals surface area (Å²) in [6.45, 7) is 7.91. The van der Waals surface area contributed by atoms with Crippen molar-refractivity contribution in [3.63, 3.8) is 0 Å². The number of rotatable bonds is 3. The number of aliphatic hydroxyl groups is 1. The minimum Gasteiger partial charge on any atom is -0.392 e. The highest BCUT2D eigenvalue weighted by Crippen LogP contribution is 2.38. The molecule has 2 saturated heterocycles. The van der Waals surface area contributed by atoms with Crippen LogP contribution >= 0.6 is 0 Å². The van der Waals surface area contributed by atoms with E-state index in [0.29, 0.717) is 0 Å². The zero-order valence-electron chi connectivity index (χ0n) is 13.8. The van der Waals surface area contributed by atoms with Gasteiger partial charge >= 0.3 is 0 Å². The fraction of sp³-hybridized carbons (Fsp3) is 0.765. The van der Waals surface area contributed by atoms with E-state index in [2.05, 4.69) is 22.1 Å². The number of nitrogens with one attached hydrogen (secondary N) is 1. The Bertz CT molecular complexity index is 517. The molecule has 0 aliphatic carbocycles. The first kappa shape index (κ1) is 15.7. The van der Waals surface area contributed by atoms with Crippen molar-refractivity contribution in [3.05, 3.63) is 17.6 Å². The van der Waals surface area contributed by atoms with Crippen LogP contribution in [0.1, 0.15) is 44.0 Å². The summed E-state index contributed by atoms with van der Waals surface area (Å²) in [6.07, 6.45) is 6.98. The highest BCUT2D eigenvalue weighted by Gasteiger charge is 2.43. The van der Waals surface area contributed by atoms with Crippen LogP contribution in [0.25, 0.3) is 0 Å². The van der Waals surface area contributed by atoms with Gasteiger partial charge in [-0.2, -0.15) is 0 Å². The molecule has 2 aliphatic heterocycles. The van der Waals surface area contributed by atoms with Gasteiger partial charge < -0.3 is 15.3 Å². The molecule has 0 unspecified atom stereocenters. The summed E-state index contributed by atoms with van der Waals surface area (Å²) >= 11 is 0. The summed E-state index contributed by atoms with van der Waals surface area (Å²) in [4.78, 5) is 11.5. The van der Waals surface area contributed by atoms with E-state index in [1.54, 1.807) is 0 Å².